The van der Waals surface area contributed by atoms with Gasteiger partial charge in [-0.25, -0.2) is 13.4 Å². The Hall–Kier alpha value is -3.11. The summed E-state index contributed by atoms with van der Waals surface area (Å²) in [5, 5.41) is 4.98. The SMILES string of the molecule is C=CCN(c1ccccc1Cl)S(=O)(=O)c1cc(C(=O)Nc2nc(-c3ccc(C)o3)cs2)ccc1Cl. The molecule has 180 valence electrons. The molecule has 1 N–H and O–H groups in total. The lowest BCUT2D eigenvalue weighted by molar-refractivity contribution is 0.102. The van der Waals surface area contributed by atoms with Gasteiger partial charge in [0.15, 0.2) is 10.9 Å². The zero-order valence-electron chi connectivity index (χ0n) is 18.4. The summed E-state index contributed by atoms with van der Waals surface area (Å²) in [4.78, 5) is 17.0. The largest absolute Gasteiger partial charge is 0.460 e. The van der Waals surface area contributed by atoms with Crippen molar-refractivity contribution in [2.75, 3.05) is 16.2 Å². The lowest BCUT2D eigenvalue weighted by Gasteiger charge is -2.24. The van der Waals surface area contributed by atoms with E-state index in [0.717, 1.165) is 10.1 Å². The summed E-state index contributed by atoms with van der Waals surface area (Å²) in [6.45, 7) is 5.42. The Bertz CT molecular complexity index is 1510. The van der Waals surface area contributed by atoms with E-state index in [1.165, 1.54) is 35.6 Å². The number of anilines is 2. The van der Waals surface area contributed by atoms with Gasteiger partial charge in [-0.3, -0.25) is 14.4 Å². The molecule has 11 heteroatoms. The smallest absolute Gasteiger partial charge is 0.266 e. The molecule has 0 saturated heterocycles. The second-order valence-electron chi connectivity index (χ2n) is 7.32. The predicted octanol–water partition coefficient (Wildman–Crippen LogP) is 6.65. The highest BCUT2D eigenvalue weighted by atomic mass is 35.5. The third kappa shape index (κ3) is 5.28. The van der Waals surface area contributed by atoms with E-state index in [-0.39, 0.29) is 32.7 Å². The number of para-hydroxylation sites is 1. The maximum atomic E-state index is 13.6. The van der Waals surface area contributed by atoms with Crippen LogP contribution in [0.5, 0.6) is 0 Å². The molecule has 35 heavy (non-hydrogen) atoms. The molecular formula is C24H19Cl2N3O4S2. The van der Waals surface area contributed by atoms with Gasteiger partial charge in [-0.05, 0) is 49.4 Å². The lowest BCUT2D eigenvalue weighted by atomic mass is 10.2. The van der Waals surface area contributed by atoms with Crippen molar-refractivity contribution < 1.29 is 17.6 Å². The Morgan fingerprint density at radius 2 is 1.94 bits per heavy atom. The minimum Gasteiger partial charge on any atom is -0.460 e. The van der Waals surface area contributed by atoms with Gasteiger partial charge < -0.3 is 4.42 Å². The van der Waals surface area contributed by atoms with Crippen molar-refractivity contribution in [3.63, 3.8) is 0 Å². The molecular weight excluding hydrogens is 529 g/mol. The molecule has 0 radical (unpaired) electrons. The second-order valence-corrected chi connectivity index (χ2v) is 10.8. The first-order chi connectivity index (χ1) is 16.7. The van der Waals surface area contributed by atoms with Crippen LogP contribution in [0.25, 0.3) is 11.5 Å². The average Bonchev–Trinajstić information content (AvgIpc) is 3.47. The van der Waals surface area contributed by atoms with Crippen LogP contribution in [-0.4, -0.2) is 25.9 Å². The van der Waals surface area contributed by atoms with Crippen LogP contribution < -0.4 is 9.62 Å². The first-order valence-electron chi connectivity index (χ1n) is 10.2. The first-order valence-corrected chi connectivity index (χ1v) is 13.3. The predicted molar refractivity (Wildman–Crippen MR) is 140 cm³/mol. The summed E-state index contributed by atoms with van der Waals surface area (Å²) in [5.74, 6) is 0.791. The molecule has 2 aromatic heterocycles. The zero-order valence-corrected chi connectivity index (χ0v) is 21.5. The number of carbonyl (C=O) groups is 1. The van der Waals surface area contributed by atoms with E-state index in [1.54, 1.807) is 35.7 Å². The quantitative estimate of drug-likeness (QED) is 0.249. The van der Waals surface area contributed by atoms with Crippen LogP contribution in [0.1, 0.15) is 16.1 Å². The fourth-order valence-corrected chi connectivity index (χ4v) is 6.18. The summed E-state index contributed by atoms with van der Waals surface area (Å²) in [7, 11) is -4.19. The number of benzene rings is 2. The maximum Gasteiger partial charge on any atom is 0.266 e. The molecule has 2 aromatic carbocycles. The van der Waals surface area contributed by atoms with E-state index in [4.69, 9.17) is 27.6 Å². The molecule has 0 aliphatic heterocycles. The van der Waals surface area contributed by atoms with Gasteiger partial charge in [0, 0.05) is 10.9 Å². The Labute approximate surface area is 216 Å². The third-order valence-electron chi connectivity index (χ3n) is 4.89. The molecule has 0 unspecified atom stereocenters. The second kappa shape index (κ2) is 10.2. The van der Waals surface area contributed by atoms with Crippen molar-refractivity contribution in [1.82, 2.24) is 4.98 Å². The molecule has 2 heterocycles. The van der Waals surface area contributed by atoms with Gasteiger partial charge >= 0.3 is 0 Å². The number of hydrogen-bond donors (Lipinski definition) is 1. The average molecular weight is 548 g/mol. The van der Waals surface area contributed by atoms with E-state index >= 15 is 0 Å². The van der Waals surface area contributed by atoms with Crippen molar-refractivity contribution in [2.45, 2.75) is 11.8 Å². The van der Waals surface area contributed by atoms with Crippen molar-refractivity contribution in [3.05, 3.63) is 94.0 Å². The highest BCUT2D eigenvalue weighted by molar-refractivity contribution is 7.93. The number of furan rings is 1. The highest BCUT2D eigenvalue weighted by Crippen LogP contribution is 2.33. The molecule has 0 atom stereocenters. The number of carbonyl (C=O) groups excluding carboxylic acids is 1. The van der Waals surface area contributed by atoms with Gasteiger partial charge in [0.05, 0.1) is 22.3 Å². The number of amides is 1. The molecule has 7 nitrogen and oxygen atoms in total. The van der Waals surface area contributed by atoms with E-state index in [1.807, 2.05) is 13.0 Å². The lowest BCUT2D eigenvalue weighted by Crippen LogP contribution is -2.32. The third-order valence-corrected chi connectivity index (χ3v) is 8.23. The number of aryl methyl sites for hydroxylation is 1. The minimum absolute atomic E-state index is 0.0348. The summed E-state index contributed by atoms with van der Waals surface area (Å²) >= 11 is 13.7. The van der Waals surface area contributed by atoms with E-state index in [2.05, 4.69) is 16.9 Å². The molecule has 0 bridgehead atoms. The minimum atomic E-state index is -4.19. The van der Waals surface area contributed by atoms with Gasteiger partial charge in [-0.1, -0.05) is 41.4 Å². The summed E-state index contributed by atoms with van der Waals surface area (Å²) in [6, 6.07) is 14.2. The molecule has 0 aliphatic rings. The van der Waals surface area contributed by atoms with Crippen molar-refractivity contribution in [1.29, 1.82) is 0 Å². The number of aromatic nitrogens is 1. The topological polar surface area (TPSA) is 92.5 Å². The molecule has 1 amide bonds. The number of nitrogens with one attached hydrogen (secondary N) is 1. The Balaban J connectivity index is 1.64. The number of sulfonamides is 1. The Morgan fingerprint density at radius 3 is 2.63 bits per heavy atom. The Kier molecular flexibility index (Phi) is 7.32. The highest BCUT2D eigenvalue weighted by Gasteiger charge is 2.29. The molecule has 0 fully saturated rings. The molecule has 0 saturated carbocycles. The van der Waals surface area contributed by atoms with Gasteiger partial charge in [-0.15, -0.1) is 17.9 Å². The van der Waals surface area contributed by atoms with Crippen molar-refractivity contribution >= 4 is 61.3 Å². The van der Waals surface area contributed by atoms with E-state index in [0.29, 0.717) is 16.6 Å². The van der Waals surface area contributed by atoms with Crippen LogP contribution in [-0.2, 0) is 10.0 Å². The first kappa shape index (κ1) is 25.0. The van der Waals surface area contributed by atoms with Crippen LogP contribution in [0, 0.1) is 6.92 Å². The summed E-state index contributed by atoms with van der Waals surface area (Å²) in [6.07, 6.45) is 1.44. The standard InChI is InChI=1S/C24H19Cl2N3O4S2/c1-3-12-29(20-7-5-4-6-17(20)25)35(31,32)22-13-16(9-10-18(22)26)23(30)28-24-27-19(14-34-24)21-11-8-15(2)33-21/h3-11,13-14H,1,12H2,2H3,(H,27,28,30). The number of hydrogen-bond acceptors (Lipinski definition) is 6. The summed E-state index contributed by atoms with van der Waals surface area (Å²) < 4.78 is 33.8. The number of nitrogens with zero attached hydrogens (tertiary/aromatic N) is 2. The van der Waals surface area contributed by atoms with Crippen LogP contribution in [0.3, 0.4) is 0 Å². The van der Waals surface area contributed by atoms with Crippen molar-refractivity contribution in [3.8, 4) is 11.5 Å². The molecule has 4 aromatic rings. The van der Waals surface area contributed by atoms with Gasteiger partial charge in [-0.2, -0.15) is 0 Å². The molecule has 4 rings (SSSR count). The number of halogens is 2. The summed E-state index contributed by atoms with van der Waals surface area (Å²) in [5.41, 5.74) is 0.942. The van der Waals surface area contributed by atoms with Crippen molar-refractivity contribution in [2.24, 2.45) is 0 Å². The fourth-order valence-electron chi connectivity index (χ4n) is 3.24. The van der Waals surface area contributed by atoms with E-state index in [9.17, 15) is 13.2 Å². The maximum absolute atomic E-state index is 13.6. The van der Waals surface area contributed by atoms with Crippen LogP contribution >= 0.6 is 34.5 Å². The molecule has 0 spiro atoms. The van der Waals surface area contributed by atoms with Gasteiger partial charge in [0.1, 0.15) is 16.3 Å². The van der Waals surface area contributed by atoms with Crippen LogP contribution in [0.15, 0.2) is 81.9 Å². The van der Waals surface area contributed by atoms with Gasteiger partial charge in [0.25, 0.3) is 15.9 Å². The van der Waals surface area contributed by atoms with Crippen LogP contribution in [0.2, 0.25) is 10.0 Å². The number of rotatable bonds is 8. The Morgan fingerprint density at radius 1 is 1.17 bits per heavy atom. The monoisotopic (exact) mass is 547 g/mol. The zero-order chi connectivity index (χ0) is 25.2. The van der Waals surface area contributed by atoms with Crippen LogP contribution in [0.4, 0.5) is 10.8 Å². The number of thiazole rings is 1. The normalized spacial score (nSPS) is 11.3. The fraction of sp³-hybridized carbons (Fsp3) is 0.0833. The van der Waals surface area contributed by atoms with E-state index < -0.39 is 15.9 Å². The molecule has 0 aliphatic carbocycles. The van der Waals surface area contributed by atoms with Gasteiger partial charge in [0.2, 0.25) is 0 Å².